The van der Waals surface area contributed by atoms with Crippen LogP contribution >= 0.6 is 23.1 Å². The van der Waals surface area contributed by atoms with Gasteiger partial charge in [-0.1, -0.05) is 11.8 Å². The lowest BCUT2D eigenvalue weighted by Crippen LogP contribution is -2.12. The van der Waals surface area contributed by atoms with Crippen molar-refractivity contribution in [1.82, 2.24) is 19.7 Å². The summed E-state index contributed by atoms with van der Waals surface area (Å²) in [4.78, 5) is 21.1. The molecule has 0 fully saturated rings. The quantitative estimate of drug-likeness (QED) is 0.411. The van der Waals surface area contributed by atoms with Gasteiger partial charge >= 0.3 is 6.18 Å². The van der Waals surface area contributed by atoms with E-state index in [1.54, 1.807) is 53.5 Å². The number of aromatic nitrogens is 4. The monoisotopic (exact) mass is 449 g/mol. The third kappa shape index (κ3) is 4.97. The highest BCUT2D eigenvalue weighted by molar-refractivity contribution is 8.01. The second kappa shape index (κ2) is 8.44. The number of nitrogens with zero attached hydrogens (tertiary/aromatic N) is 4. The van der Waals surface area contributed by atoms with Gasteiger partial charge in [0.15, 0.2) is 10.2 Å². The number of rotatable bonds is 6. The Morgan fingerprint density at radius 1 is 1.23 bits per heavy atom. The summed E-state index contributed by atoms with van der Waals surface area (Å²) in [6.07, 6.45) is -0.179. The molecule has 0 aliphatic rings. The van der Waals surface area contributed by atoms with Crippen LogP contribution in [-0.4, -0.2) is 37.6 Å². The minimum Gasteiger partial charge on any atom is -0.322 e. The van der Waals surface area contributed by atoms with E-state index in [0.717, 1.165) is 16.5 Å². The van der Waals surface area contributed by atoms with Gasteiger partial charge < -0.3 is 5.32 Å². The number of hydrogen-bond donors (Lipinski definition) is 1. The summed E-state index contributed by atoms with van der Waals surface area (Å²) in [6, 6.07) is 10.3. The Morgan fingerprint density at radius 2 is 2.10 bits per heavy atom. The van der Waals surface area contributed by atoms with Gasteiger partial charge in [-0.05, 0) is 36.4 Å². The molecular formula is C19H14F3N5OS2. The standard InChI is InChI=1S/C19H14F3N5OS2/c20-19(21,22)6-9-29-18-26-14-4-3-13(10-15(14)30-18)25-17(28)12-2-5-16(23-11-12)27-8-1-7-24-27/h1-5,7-8,10-11H,6,9H2,(H,25,28). The molecule has 4 rings (SSSR count). The fourth-order valence-electron chi connectivity index (χ4n) is 2.56. The molecule has 1 amide bonds. The summed E-state index contributed by atoms with van der Waals surface area (Å²) >= 11 is 2.37. The van der Waals surface area contributed by atoms with Crippen LogP contribution in [0.4, 0.5) is 18.9 Å². The van der Waals surface area contributed by atoms with Crippen LogP contribution in [0, 0.1) is 0 Å². The average molecular weight is 449 g/mol. The molecule has 3 aromatic heterocycles. The summed E-state index contributed by atoms with van der Waals surface area (Å²) < 4.78 is 39.8. The number of thiazole rings is 1. The van der Waals surface area contributed by atoms with Gasteiger partial charge in [-0.15, -0.1) is 11.3 Å². The first-order valence-electron chi connectivity index (χ1n) is 8.75. The van der Waals surface area contributed by atoms with Crippen molar-refractivity contribution in [3.05, 3.63) is 60.6 Å². The minimum absolute atomic E-state index is 0.0750. The van der Waals surface area contributed by atoms with Crippen molar-refractivity contribution in [2.45, 2.75) is 16.9 Å². The second-order valence-electron chi connectivity index (χ2n) is 6.19. The van der Waals surface area contributed by atoms with Gasteiger partial charge in [0, 0.05) is 30.0 Å². The minimum atomic E-state index is -4.17. The summed E-state index contributed by atoms with van der Waals surface area (Å²) in [5, 5.41) is 6.88. The van der Waals surface area contributed by atoms with E-state index in [2.05, 4.69) is 20.4 Å². The number of nitrogens with one attached hydrogen (secondary N) is 1. The van der Waals surface area contributed by atoms with Gasteiger partial charge in [0.1, 0.15) is 0 Å². The highest BCUT2D eigenvalue weighted by atomic mass is 32.2. The van der Waals surface area contributed by atoms with Crippen molar-refractivity contribution in [3.63, 3.8) is 0 Å². The number of halogens is 3. The molecule has 0 spiro atoms. The molecule has 11 heteroatoms. The van der Waals surface area contributed by atoms with Gasteiger partial charge in [-0.2, -0.15) is 18.3 Å². The summed E-state index contributed by atoms with van der Waals surface area (Å²) in [5.74, 6) is 0.199. The van der Waals surface area contributed by atoms with Gasteiger partial charge in [0.25, 0.3) is 5.91 Å². The Kier molecular flexibility index (Phi) is 5.73. The largest absolute Gasteiger partial charge is 0.389 e. The molecule has 0 saturated heterocycles. The lowest BCUT2D eigenvalue weighted by Gasteiger charge is -2.06. The highest BCUT2D eigenvalue weighted by Crippen LogP contribution is 2.33. The summed E-state index contributed by atoms with van der Waals surface area (Å²) in [7, 11) is 0. The molecule has 1 aromatic carbocycles. The summed E-state index contributed by atoms with van der Waals surface area (Å²) in [5.41, 5.74) is 1.63. The maximum atomic E-state index is 12.5. The summed E-state index contributed by atoms with van der Waals surface area (Å²) in [6.45, 7) is 0. The number of carbonyl (C=O) groups is 1. The fourth-order valence-corrected chi connectivity index (χ4v) is 4.72. The van der Waals surface area contributed by atoms with Crippen LogP contribution in [0.5, 0.6) is 0 Å². The van der Waals surface area contributed by atoms with Crippen LogP contribution < -0.4 is 5.32 Å². The Hall–Kier alpha value is -2.92. The molecular weight excluding hydrogens is 435 g/mol. The fraction of sp³-hybridized carbons (Fsp3) is 0.158. The van der Waals surface area contributed by atoms with Gasteiger partial charge in [0.2, 0.25) is 0 Å². The Morgan fingerprint density at radius 3 is 2.80 bits per heavy atom. The lowest BCUT2D eigenvalue weighted by atomic mass is 10.2. The van der Waals surface area contributed by atoms with Crippen LogP contribution in [0.2, 0.25) is 0 Å². The van der Waals surface area contributed by atoms with E-state index in [1.165, 1.54) is 17.5 Å². The van der Waals surface area contributed by atoms with Crippen LogP contribution in [0.1, 0.15) is 16.8 Å². The molecule has 6 nitrogen and oxygen atoms in total. The molecule has 0 saturated carbocycles. The van der Waals surface area contributed by atoms with Crippen LogP contribution in [0.25, 0.3) is 16.0 Å². The Labute approximate surface area is 177 Å². The first-order valence-corrected chi connectivity index (χ1v) is 10.6. The maximum absolute atomic E-state index is 12.5. The zero-order valence-corrected chi connectivity index (χ0v) is 16.9. The number of carbonyl (C=O) groups excluding carboxylic acids is 1. The third-order valence-electron chi connectivity index (χ3n) is 3.99. The number of anilines is 1. The number of hydrogen-bond acceptors (Lipinski definition) is 6. The molecule has 30 heavy (non-hydrogen) atoms. The number of amides is 1. The van der Waals surface area contributed by atoms with Crippen molar-refractivity contribution < 1.29 is 18.0 Å². The number of thioether (sulfide) groups is 1. The van der Waals surface area contributed by atoms with E-state index in [9.17, 15) is 18.0 Å². The molecule has 0 unspecified atom stereocenters. The third-order valence-corrected chi connectivity index (χ3v) is 6.15. The van der Waals surface area contributed by atoms with Gasteiger partial charge in [-0.3, -0.25) is 4.79 Å². The van der Waals surface area contributed by atoms with E-state index < -0.39 is 12.6 Å². The molecule has 0 radical (unpaired) electrons. The SMILES string of the molecule is O=C(Nc1ccc2nc(SCCC(F)(F)F)sc2c1)c1ccc(-n2cccn2)nc1. The molecule has 0 aliphatic heterocycles. The van der Waals surface area contributed by atoms with Crippen molar-refractivity contribution >= 4 is 44.9 Å². The zero-order chi connectivity index (χ0) is 21.1. The predicted octanol–water partition coefficient (Wildman–Crippen LogP) is 5.17. The van der Waals surface area contributed by atoms with Gasteiger partial charge in [-0.25, -0.2) is 14.6 Å². The van der Waals surface area contributed by atoms with E-state index in [1.807, 2.05) is 0 Å². The average Bonchev–Trinajstić information content (AvgIpc) is 3.36. The van der Waals surface area contributed by atoms with Crippen LogP contribution in [0.15, 0.2) is 59.3 Å². The van der Waals surface area contributed by atoms with Crippen molar-refractivity contribution in [3.8, 4) is 5.82 Å². The molecule has 154 valence electrons. The molecule has 1 N–H and O–H groups in total. The molecule has 0 bridgehead atoms. The van der Waals surface area contributed by atoms with Crippen molar-refractivity contribution in [1.29, 1.82) is 0 Å². The van der Waals surface area contributed by atoms with Crippen molar-refractivity contribution in [2.24, 2.45) is 0 Å². The van der Waals surface area contributed by atoms with E-state index >= 15 is 0 Å². The van der Waals surface area contributed by atoms with E-state index in [-0.39, 0.29) is 11.7 Å². The smallest absolute Gasteiger partial charge is 0.322 e. The number of alkyl halides is 3. The van der Waals surface area contributed by atoms with Crippen LogP contribution in [-0.2, 0) is 0 Å². The lowest BCUT2D eigenvalue weighted by molar-refractivity contribution is -0.129. The highest BCUT2D eigenvalue weighted by Gasteiger charge is 2.26. The Bertz CT molecular complexity index is 1160. The Balaban J connectivity index is 1.42. The zero-order valence-electron chi connectivity index (χ0n) is 15.3. The maximum Gasteiger partial charge on any atom is 0.389 e. The molecule has 0 aliphatic carbocycles. The van der Waals surface area contributed by atoms with Gasteiger partial charge in [0.05, 0.1) is 22.2 Å². The predicted molar refractivity (Wildman–Crippen MR) is 110 cm³/mol. The first-order chi connectivity index (χ1) is 14.4. The van der Waals surface area contributed by atoms with Crippen molar-refractivity contribution in [2.75, 3.05) is 11.1 Å². The first kappa shape index (κ1) is 20.4. The van der Waals surface area contributed by atoms with E-state index in [4.69, 9.17) is 0 Å². The number of fused-ring (bicyclic) bond motifs is 1. The number of pyridine rings is 1. The molecule has 0 atom stereocenters. The normalized spacial score (nSPS) is 11.7. The topological polar surface area (TPSA) is 72.7 Å². The molecule has 4 aromatic rings. The van der Waals surface area contributed by atoms with E-state index in [0.29, 0.717) is 26.9 Å². The molecule has 3 heterocycles. The number of benzene rings is 1. The second-order valence-corrected chi connectivity index (χ2v) is 8.56. The van der Waals surface area contributed by atoms with Crippen LogP contribution in [0.3, 0.4) is 0 Å².